The number of hydrogen-bond acceptors (Lipinski definition) is 3. The van der Waals surface area contributed by atoms with Crippen LogP contribution in [0.3, 0.4) is 0 Å². The van der Waals surface area contributed by atoms with E-state index >= 15 is 0 Å². The van der Waals surface area contributed by atoms with Crippen LogP contribution in [0.2, 0.25) is 0 Å². The van der Waals surface area contributed by atoms with Crippen LogP contribution in [-0.4, -0.2) is 29.8 Å². The molecule has 2 aliphatic rings. The molecule has 1 saturated carbocycles. The first-order chi connectivity index (χ1) is 10.4. The Bertz CT molecular complexity index is 519. The molecule has 0 atom stereocenters. The summed E-state index contributed by atoms with van der Waals surface area (Å²) in [6.07, 6.45) is 3.93. The van der Waals surface area contributed by atoms with Gasteiger partial charge in [-0.2, -0.15) is 0 Å². The van der Waals surface area contributed by atoms with E-state index in [-0.39, 0.29) is 12.1 Å². The molecular weight excluding hydrogens is 276 g/mol. The van der Waals surface area contributed by atoms with E-state index in [0.717, 1.165) is 25.7 Å². The van der Waals surface area contributed by atoms with E-state index in [9.17, 15) is 4.79 Å². The number of ether oxygens (including phenoxy) is 1. The molecule has 0 radical (unpaired) electrons. The molecule has 4 heteroatoms. The maximum atomic E-state index is 11.7. The van der Waals surface area contributed by atoms with Gasteiger partial charge in [-0.05, 0) is 57.6 Å². The molecule has 0 saturated heterocycles. The van der Waals surface area contributed by atoms with Gasteiger partial charge in [0.2, 0.25) is 0 Å². The number of hydrogen-bond donors (Lipinski definition) is 2. The number of rotatable bonds is 3. The highest BCUT2D eigenvalue weighted by Gasteiger charge is 2.34. The van der Waals surface area contributed by atoms with E-state index in [1.165, 1.54) is 11.1 Å². The summed E-state index contributed by atoms with van der Waals surface area (Å²) >= 11 is 0. The molecule has 0 bridgehead atoms. The van der Waals surface area contributed by atoms with Crippen molar-refractivity contribution in [3.8, 4) is 0 Å². The van der Waals surface area contributed by atoms with Crippen molar-refractivity contribution in [1.82, 2.24) is 10.6 Å². The third-order valence-corrected chi connectivity index (χ3v) is 4.38. The van der Waals surface area contributed by atoms with Crippen LogP contribution in [0.5, 0.6) is 0 Å². The topological polar surface area (TPSA) is 50.4 Å². The summed E-state index contributed by atoms with van der Waals surface area (Å²) in [6, 6.07) is 9.99. The Morgan fingerprint density at radius 3 is 2.18 bits per heavy atom. The number of amides is 1. The van der Waals surface area contributed by atoms with Crippen LogP contribution >= 0.6 is 0 Å². The summed E-state index contributed by atoms with van der Waals surface area (Å²) in [7, 11) is 0. The molecule has 0 aromatic heterocycles. The van der Waals surface area contributed by atoms with Gasteiger partial charge in [-0.15, -0.1) is 0 Å². The first-order valence-electron chi connectivity index (χ1n) is 8.21. The second kappa shape index (κ2) is 5.92. The van der Waals surface area contributed by atoms with Gasteiger partial charge in [-0.1, -0.05) is 24.3 Å². The lowest BCUT2D eigenvalue weighted by Gasteiger charge is -2.38. The van der Waals surface area contributed by atoms with E-state index in [1.54, 1.807) is 0 Å². The maximum Gasteiger partial charge on any atom is 0.407 e. The Morgan fingerprint density at radius 2 is 1.64 bits per heavy atom. The van der Waals surface area contributed by atoms with Gasteiger partial charge >= 0.3 is 6.09 Å². The van der Waals surface area contributed by atoms with Crippen molar-refractivity contribution in [3.05, 3.63) is 35.4 Å². The first kappa shape index (κ1) is 15.3. The van der Waals surface area contributed by atoms with Gasteiger partial charge in [0.15, 0.2) is 0 Å². The van der Waals surface area contributed by atoms with Crippen molar-refractivity contribution in [1.29, 1.82) is 0 Å². The van der Waals surface area contributed by atoms with Crippen LogP contribution in [0.1, 0.15) is 44.7 Å². The predicted octanol–water partition coefficient (Wildman–Crippen LogP) is 2.80. The largest absolute Gasteiger partial charge is 0.444 e. The molecule has 0 unspecified atom stereocenters. The Balaban J connectivity index is 1.38. The monoisotopic (exact) mass is 302 g/mol. The van der Waals surface area contributed by atoms with Crippen LogP contribution in [0.4, 0.5) is 4.79 Å². The Kier molecular flexibility index (Phi) is 4.13. The number of alkyl carbamates (subject to hydrolysis) is 1. The fourth-order valence-corrected chi connectivity index (χ4v) is 3.36. The zero-order chi connectivity index (χ0) is 15.7. The van der Waals surface area contributed by atoms with Gasteiger partial charge in [0.25, 0.3) is 0 Å². The lowest BCUT2D eigenvalue weighted by molar-refractivity contribution is 0.0463. The summed E-state index contributed by atoms with van der Waals surface area (Å²) in [6.45, 7) is 5.65. The van der Waals surface area contributed by atoms with Crippen molar-refractivity contribution >= 4 is 6.09 Å². The minimum Gasteiger partial charge on any atom is -0.444 e. The van der Waals surface area contributed by atoms with Crippen molar-refractivity contribution in [2.24, 2.45) is 0 Å². The third kappa shape index (κ3) is 3.80. The van der Waals surface area contributed by atoms with E-state index in [4.69, 9.17) is 4.74 Å². The lowest BCUT2D eigenvalue weighted by Crippen LogP contribution is -2.55. The molecular formula is C18H26N2O2. The highest BCUT2D eigenvalue weighted by molar-refractivity contribution is 5.68. The SMILES string of the molecule is CC(C)(C)OC(=O)NC1CC(NC2Cc3ccccc3C2)C1. The fraction of sp³-hybridized carbons (Fsp3) is 0.611. The highest BCUT2D eigenvalue weighted by atomic mass is 16.6. The molecule has 2 aliphatic carbocycles. The number of nitrogens with one attached hydrogen (secondary N) is 2. The molecule has 1 aromatic rings. The molecule has 2 N–H and O–H groups in total. The van der Waals surface area contributed by atoms with Crippen LogP contribution in [0.15, 0.2) is 24.3 Å². The number of fused-ring (bicyclic) bond motifs is 1. The normalized spacial score (nSPS) is 24.5. The zero-order valence-electron chi connectivity index (χ0n) is 13.7. The molecule has 120 valence electrons. The molecule has 4 nitrogen and oxygen atoms in total. The Morgan fingerprint density at radius 1 is 1.05 bits per heavy atom. The van der Waals surface area contributed by atoms with Crippen molar-refractivity contribution < 1.29 is 9.53 Å². The van der Waals surface area contributed by atoms with Crippen LogP contribution < -0.4 is 10.6 Å². The van der Waals surface area contributed by atoms with Gasteiger partial charge in [0, 0.05) is 18.1 Å². The minimum absolute atomic E-state index is 0.246. The molecule has 22 heavy (non-hydrogen) atoms. The Labute approximate surface area is 132 Å². The minimum atomic E-state index is -0.429. The van der Waals surface area contributed by atoms with Crippen LogP contribution in [0.25, 0.3) is 0 Å². The fourth-order valence-electron chi connectivity index (χ4n) is 3.36. The quantitative estimate of drug-likeness (QED) is 0.902. The van der Waals surface area contributed by atoms with Crippen molar-refractivity contribution in [2.45, 2.75) is 70.2 Å². The number of carbonyl (C=O) groups excluding carboxylic acids is 1. The van der Waals surface area contributed by atoms with E-state index in [2.05, 4.69) is 34.9 Å². The van der Waals surface area contributed by atoms with E-state index < -0.39 is 5.60 Å². The average molecular weight is 302 g/mol. The standard InChI is InChI=1S/C18H26N2O2/c1-18(2,3)22-17(21)20-16-10-15(11-16)19-14-8-12-6-4-5-7-13(12)9-14/h4-7,14-16,19H,8-11H2,1-3H3,(H,20,21). The highest BCUT2D eigenvalue weighted by Crippen LogP contribution is 2.26. The van der Waals surface area contributed by atoms with Crippen molar-refractivity contribution in [2.75, 3.05) is 0 Å². The van der Waals surface area contributed by atoms with Gasteiger partial charge in [-0.3, -0.25) is 0 Å². The number of carbonyl (C=O) groups is 1. The molecule has 1 aromatic carbocycles. The lowest BCUT2D eigenvalue weighted by atomic mass is 9.86. The second-order valence-corrected chi connectivity index (χ2v) is 7.55. The Hall–Kier alpha value is -1.55. The first-order valence-corrected chi connectivity index (χ1v) is 8.21. The number of benzene rings is 1. The third-order valence-electron chi connectivity index (χ3n) is 4.38. The molecule has 1 fully saturated rings. The summed E-state index contributed by atoms with van der Waals surface area (Å²) in [5.41, 5.74) is 2.52. The average Bonchev–Trinajstić information content (AvgIpc) is 2.76. The molecule has 0 aliphatic heterocycles. The zero-order valence-corrected chi connectivity index (χ0v) is 13.7. The predicted molar refractivity (Wildman–Crippen MR) is 87.0 cm³/mol. The maximum absolute atomic E-state index is 11.7. The van der Waals surface area contributed by atoms with Gasteiger partial charge in [0.05, 0.1) is 0 Å². The van der Waals surface area contributed by atoms with Gasteiger partial charge in [-0.25, -0.2) is 4.79 Å². The molecule has 0 heterocycles. The van der Waals surface area contributed by atoms with E-state index in [1.807, 2.05) is 20.8 Å². The van der Waals surface area contributed by atoms with Crippen molar-refractivity contribution in [3.63, 3.8) is 0 Å². The summed E-state index contributed by atoms with van der Waals surface area (Å²) in [5.74, 6) is 0. The summed E-state index contributed by atoms with van der Waals surface area (Å²) in [5, 5.41) is 6.67. The van der Waals surface area contributed by atoms with Crippen LogP contribution in [0, 0.1) is 0 Å². The summed E-state index contributed by atoms with van der Waals surface area (Å²) < 4.78 is 5.28. The second-order valence-electron chi connectivity index (χ2n) is 7.55. The van der Waals surface area contributed by atoms with Gasteiger partial charge < -0.3 is 15.4 Å². The van der Waals surface area contributed by atoms with Gasteiger partial charge in [0.1, 0.15) is 5.60 Å². The molecule has 1 amide bonds. The molecule has 3 rings (SSSR count). The smallest absolute Gasteiger partial charge is 0.407 e. The molecule has 0 spiro atoms. The van der Waals surface area contributed by atoms with E-state index in [0.29, 0.717) is 12.1 Å². The van der Waals surface area contributed by atoms with Crippen LogP contribution in [-0.2, 0) is 17.6 Å². The summed E-state index contributed by atoms with van der Waals surface area (Å²) in [4.78, 5) is 11.7.